The lowest BCUT2D eigenvalue weighted by atomic mass is 10.1. The van der Waals surface area contributed by atoms with Gasteiger partial charge in [-0.2, -0.15) is 0 Å². The summed E-state index contributed by atoms with van der Waals surface area (Å²) in [6.07, 6.45) is 0. The van der Waals surface area contributed by atoms with Crippen molar-refractivity contribution in [2.24, 2.45) is 0 Å². The molecule has 0 unspecified atom stereocenters. The average molecular weight is 379 g/mol. The number of nitrogens with zero attached hydrogens (tertiary/aromatic N) is 1. The molecule has 0 fully saturated rings. The first kappa shape index (κ1) is 19.6. The first-order valence-corrected chi connectivity index (χ1v) is 7.26. The lowest BCUT2D eigenvalue weighted by Crippen LogP contribution is -2.16. The Bertz CT molecular complexity index is 943. The number of benzene rings is 2. The fraction of sp³-hybridized carbons (Fsp3) is 0.118. The molecule has 10 heteroatoms. The predicted molar refractivity (Wildman–Crippen MR) is 85.4 cm³/mol. The van der Waals surface area contributed by atoms with Crippen LogP contribution < -0.4 is 0 Å². The van der Waals surface area contributed by atoms with Crippen LogP contribution in [0, 0.1) is 21.7 Å². The van der Waals surface area contributed by atoms with Crippen LogP contribution in [0.2, 0.25) is 0 Å². The molecule has 0 heterocycles. The van der Waals surface area contributed by atoms with Crippen molar-refractivity contribution in [3.63, 3.8) is 0 Å². The standard InChI is InChI=1S/C17H11F2NO7/c1-26-16(22)9-4-10(6-12(5-9)20(24)25)17(23)27-8-15(21)13-7-11(18)2-3-14(13)19/h2-7H,8H2,1H3. The molecule has 0 saturated heterocycles. The van der Waals surface area contributed by atoms with Crippen LogP contribution in [0.3, 0.4) is 0 Å². The number of nitro benzene ring substituents is 1. The van der Waals surface area contributed by atoms with E-state index in [2.05, 4.69) is 9.47 Å². The molecule has 0 aromatic heterocycles. The van der Waals surface area contributed by atoms with Crippen LogP contribution in [0.1, 0.15) is 31.1 Å². The molecule has 27 heavy (non-hydrogen) atoms. The number of ketones is 1. The Labute approximate surface area is 150 Å². The number of carbonyl (C=O) groups excluding carboxylic acids is 3. The molecule has 0 saturated carbocycles. The molecular formula is C17H11F2NO7. The molecule has 8 nitrogen and oxygen atoms in total. The van der Waals surface area contributed by atoms with E-state index in [0.29, 0.717) is 6.07 Å². The van der Waals surface area contributed by atoms with E-state index in [1.54, 1.807) is 0 Å². The second-order valence-corrected chi connectivity index (χ2v) is 5.14. The summed E-state index contributed by atoms with van der Waals surface area (Å²) in [6, 6.07) is 4.92. The number of carbonyl (C=O) groups is 3. The average Bonchev–Trinajstić information content (AvgIpc) is 2.66. The number of ether oxygens (including phenoxy) is 2. The van der Waals surface area contributed by atoms with Crippen molar-refractivity contribution in [2.75, 3.05) is 13.7 Å². The van der Waals surface area contributed by atoms with Gasteiger partial charge in [0.2, 0.25) is 5.78 Å². The van der Waals surface area contributed by atoms with Crippen LogP contribution >= 0.6 is 0 Å². The largest absolute Gasteiger partial charge is 0.465 e. The number of hydrogen-bond acceptors (Lipinski definition) is 7. The molecule has 0 amide bonds. The van der Waals surface area contributed by atoms with Crippen molar-refractivity contribution in [1.29, 1.82) is 0 Å². The Morgan fingerprint density at radius 1 is 1.04 bits per heavy atom. The Morgan fingerprint density at radius 2 is 1.67 bits per heavy atom. The van der Waals surface area contributed by atoms with Gasteiger partial charge in [0.15, 0.2) is 6.61 Å². The Morgan fingerprint density at radius 3 is 2.26 bits per heavy atom. The van der Waals surface area contributed by atoms with Crippen LogP contribution in [0.25, 0.3) is 0 Å². The summed E-state index contributed by atoms with van der Waals surface area (Å²) in [5.41, 5.74) is -1.86. The number of non-ortho nitro benzene ring substituents is 1. The Kier molecular flexibility index (Phi) is 5.91. The minimum atomic E-state index is -1.17. The number of hydrogen-bond donors (Lipinski definition) is 0. The zero-order chi connectivity index (χ0) is 20.1. The summed E-state index contributed by atoms with van der Waals surface area (Å²) in [4.78, 5) is 45.6. The van der Waals surface area contributed by atoms with Gasteiger partial charge in [-0.3, -0.25) is 14.9 Å². The van der Waals surface area contributed by atoms with Gasteiger partial charge >= 0.3 is 11.9 Å². The Balaban J connectivity index is 2.21. The Hall–Kier alpha value is -3.69. The molecule has 0 radical (unpaired) electrons. The number of esters is 2. The van der Waals surface area contributed by atoms with Gasteiger partial charge in [0, 0.05) is 12.1 Å². The predicted octanol–water partition coefficient (Wildman–Crippen LogP) is 2.70. The van der Waals surface area contributed by atoms with Crippen LogP contribution in [0.15, 0.2) is 36.4 Å². The molecule has 0 atom stereocenters. The molecule has 2 aromatic rings. The van der Waals surface area contributed by atoms with Crippen molar-refractivity contribution in [1.82, 2.24) is 0 Å². The SMILES string of the molecule is COC(=O)c1cc(C(=O)OCC(=O)c2cc(F)ccc2F)cc([N+](=O)[O-])c1. The quantitative estimate of drug-likeness (QED) is 0.328. The highest BCUT2D eigenvalue weighted by Gasteiger charge is 2.21. The van der Waals surface area contributed by atoms with E-state index in [-0.39, 0.29) is 5.56 Å². The third kappa shape index (κ3) is 4.69. The van der Waals surface area contributed by atoms with Crippen molar-refractivity contribution in [2.45, 2.75) is 0 Å². The zero-order valence-corrected chi connectivity index (χ0v) is 13.7. The second-order valence-electron chi connectivity index (χ2n) is 5.14. The maximum atomic E-state index is 13.5. The number of rotatable bonds is 6. The molecular weight excluding hydrogens is 368 g/mol. The minimum Gasteiger partial charge on any atom is -0.465 e. The fourth-order valence-corrected chi connectivity index (χ4v) is 2.07. The number of Topliss-reactive ketones (excluding diaryl/α,β-unsaturated/α-hetero) is 1. The molecule has 0 N–H and O–H groups in total. The first-order valence-electron chi connectivity index (χ1n) is 7.26. The van der Waals surface area contributed by atoms with Crippen molar-refractivity contribution in [3.05, 3.63) is 74.8 Å². The second kappa shape index (κ2) is 8.13. The van der Waals surface area contributed by atoms with E-state index in [4.69, 9.17) is 0 Å². The van der Waals surface area contributed by atoms with Gasteiger partial charge in [0.05, 0.1) is 28.7 Å². The number of halogens is 2. The number of nitro groups is 1. The van der Waals surface area contributed by atoms with Gasteiger partial charge in [-0.1, -0.05) is 0 Å². The molecule has 0 spiro atoms. The molecule has 0 aliphatic heterocycles. The molecule has 0 aliphatic carbocycles. The van der Waals surface area contributed by atoms with E-state index in [1.165, 1.54) is 0 Å². The van der Waals surface area contributed by atoms with E-state index >= 15 is 0 Å². The highest BCUT2D eigenvalue weighted by Crippen LogP contribution is 2.19. The van der Waals surface area contributed by atoms with Gasteiger partial charge in [0.25, 0.3) is 5.69 Å². The van der Waals surface area contributed by atoms with E-state index in [0.717, 1.165) is 37.4 Å². The lowest BCUT2D eigenvalue weighted by Gasteiger charge is -2.07. The summed E-state index contributed by atoms with van der Waals surface area (Å²) in [5, 5.41) is 10.9. The van der Waals surface area contributed by atoms with Gasteiger partial charge in [0.1, 0.15) is 11.6 Å². The van der Waals surface area contributed by atoms with Crippen molar-refractivity contribution >= 4 is 23.4 Å². The molecule has 0 bridgehead atoms. The summed E-state index contributed by atoms with van der Waals surface area (Å²) in [5.74, 6) is -4.97. The third-order valence-electron chi connectivity index (χ3n) is 3.35. The van der Waals surface area contributed by atoms with E-state index in [1.807, 2.05) is 0 Å². The minimum absolute atomic E-state index is 0.277. The lowest BCUT2D eigenvalue weighted by molar-refractivity contribution is -0.384. The highest BCUT2D eigenvalue weighted by molar-refractivity contribution is 6.00. The maximum absolute atomic E-state index is 13.5. The highest BCUT2D eigenvalue weighted by atomic mass is 19.1. The van der Waals surface area contributed by atoms with Gasteiger partial charge in [-0.25, -0.2) is 18.4 Å². The topological polar surface area (TPSA) is 113 Å². The van der Waals surface area contributed by atoms with Crippen molar-refractivity contribution < 1.29 is 37.6 Å². The zero-order valence-electron chi connectivity index (χ0n) is 13.7. The molecule has 2 rings (SSSR count). The van der Waals surface area contributed by atoms with Crippen LogP contribution in [-0.2, 0) is 9.47 Å². The van der Waals surface area contributed by atoms with Crippen LogP contribution in [0.5, 0.6) is 0 Å². The summed E-state index contributed by atoms with van der Waals surface area (Å²) in [6.45, 7) is -0.935. The normalized spacial score (nSPS) is 10.2. The fourth-order valence-electron chi connectivity index (χ4n) is 2.07. The third-order valence-corrected chi connectivity index (χ3v) is 3.35. The van der Waals surface area contributed by atoms with Gasteiger partial charge in [-0.05, 0) is 24.3 Å². The van der Waals surface area contributed by atoms with Crippen molar-refractivity contribution in [3.8, 4) is 0 Å². The smallest absolute Gasteiger partial charge is 0.338 e. The van der Waals surface area contributed by atoms with Crippen LogP contribution in [0.4, 0.5) is 14.5 Å². The molecule has 0 aliphatic rings. The molecule has 2 aromatic carbocycles. The summed E-state index contributed by atoms with van der Waals surface area (Å²) in [7, 11) is 1.05. The molecule has 140 valence electrons. The van der Waals surface area contributed by atoms with Gasteiger partial charge < -0.3 is 9.47 Å². The monoisotopic (exact) mass is 379 g/mol. The number of methoxy groups -OCH3 is 1. The van der Waals surface area contributed by atoms with E-state index < -0.39 is 57.7 Å². The maximum Gasteiger partial charge on any atom is 0.338 e. The summed E-state index contributed by atoms with van der Waals surface area (Å²) >= 11 is 0. The van der Waals surface area contributed by atoms with E-state index in [9.17, 15) is 33.3 Å². The summed E-state index contributed by atoms with van der Waals surface area (Å²) < 4.78 is 35.8. The van der Waals surface area contributed by atoms with Crippen LogP contribution in [-0.4, -0.2) is 36.4 Å². The van der Waals surface area contributed by atoms with Gasteiger partial charge in [-0.15, -0.1) is 0 Å². The first-order chi connectivity index (χ1) is 12.7.